The van der Waals surface area contributed by atoms with Crippen molar-refractivity contribution < 1.29 is 71.8 Å². The van der Waals surface area contributed by atoms with Gasteiger partial charge < -0.3 is 74.5 Å². The van der Waals surface area contributed by atoms with Crippen molar-refractivity contribution in [2.75, 3.05) is 73.8 Å². The number of aliphatic hydroxyl groups is 1. The van der Waals surface area contributed by atoms with Gasteiger partial charge in [-0.25, -0.2) is 24.2 Å². The smallest absolute Gasteiger partial charge is 0.412 e. The molecule has 4 aromatic carbocycles. The van der Waals surface area contributed by atoms with E-state index in [1.165, 1.54) is 33.5 Å². The van der Waals surface area contributed by atoms with Gasteiger partial charge in [-0.05, 0) is 112 Å². The molecule has 0 spiro atoms. The van der Waals surface area contributed by atoms with E-state index in [9.17, 15) is 38.7 Å². The maximum Gasteiger partial charge on any atom is 0.412 e. The van der Waals surface area contributed by atoms with Gasteiger partial charge in [0.25, 0.3) is 11.5 Å². The Hall–Kier alpha value is -8.03. The first-order chi connectivity index (χ1) is 41.3. The van der Waals surface area contributed by atoms with Crippen LogP contribution in [0, 0.1) is 12.8 Å². The number of alkyl carbamates (subject to hydrolysis) is 2. The third-order valence-electron chi connectivity index (χ3n) is 14.2. The fourth-order valence-electron chi connectivity index (χ4n) is 9.52. The molecular weight excluding hydrogens is 1140 g/mol. The Morgan fingerprint density at radius 2 is 1.51 bits per heavy atom. The number of carbonyl (C=O) groups is 6. The molecule has 466 valence electrons. The van der Waals surface area contributed by atoms with E-state index in [-0.39, 0.29) is 113 Å². The minimum absolute atomic E-state index is 0.0681. The molecule has 1 aromatic heterocycles. The zero-order valence-electron chi connectivity index (χ0n) is 49.9. The van der Waals surface area contributed by atoms with E-state index in [0.717, 1.165) is 11.1 Å². The van der Waals surface area contributed by atoms with Crippen molar-refractivity contribution in [3.63, 3.8) is 0 Å². The number of esters is 1. The number of halogens is 1. The van der Waals surface area contributed by atoms with Crippen LogP contribution in [0.15, 0.2) is 89.7 Å². The van der Waals surface area contributed by atoms with Gasteiger partial charge in [-0.1, -0.05) is 80.4 Å². The van der Waals surface area contributed by atoms with Crippen LogP contribution in [-0.2, 0) is 46.4 Å². The van der Waals surface area contributed by atoms with Crippen molar-refractivity contribution in [3.05, 3.63) is 128 Å². The number of fused-ring (bicyclic) bond motifs is 1. The molecule has 3 unspecified atom stereocenters. The van der Waals surface area contributed by atoms with Gasteiger partial charge in [0.1, 0.15) is 30.7 Å². The Labute approximate surface area is 504 Å². The molecule has 1 fully saturated rings. The molecule has 0 radical (unpaired) electrons. The SMILES string of the molecule is CCC(CO)OC(COC(=O)NCCC(=O)NC1(C(=O)OC(C)CNC(=O)Oc2c(OC)cc(COC(=O)NCCCN(C(=O)c3ccc(C)cc3)[C@@H](c3nc4cc(Cl)ccc4c(=O)n3Cc3ccccc3)C(C)C)cc2OC)CCNCC1)OC. The minimum atomic E-state index is -1.38. The van der Waals surface area contributed by atoms with E-state index in [0.29, 0.717) is 52.4 Å². The van der Waals surface area contributed by atoms with Gasteiger partial charge in [0, 0.05) is 43.8 Å². The number of aliphatic hydroxyl groups excluding tert-OH is 1. The molecule has 6 rings (SSSR count). The summed E-state index contributed by atoms with van der Waals surface area (Å²) in [6, 6.07) is 24.0. The molecule has 5 aromatic rings. The van der Waals surface area contributed by atoms with Crippen LogP contribution >= 0.6 is 11.6 Å². The number of hydrogen-bond donors (Lipinski definition) is 6. The number of aryl methyl sites for hydroxylation is 1. The zero-order valence-corrected chi connectivity index (χ0v) is 50.6. The normalized spacial score (nSPS) is 14.2. The summed E-state index contributed by atoms with van der Waals surface area (Å²) >= 11 is 6.43. The van der Waals surface area contributed by atoms with Crippen molar-refractivity contribution >= 4 is 58.6 Å². The first-order valence-electron chi connectivity index (χ1n) is 28.5. The standard InChI is InChI=1S/C61H79ClN8O16/c1-9-45(35-71)85-51(81-8)37-83-59(77)65-26-22-50(72)68-61(23-27-63-28-24-61)57(75)84-40(5)33-66-60(78)86-53-48(79-6)30-42(31-49(53)80-7)36-82-58(76)64-25-13-29-69(55(73)43-18-16-39(4)17-19-43)52(38(2)3)54-67-47-32-44(62)20-21-46(47)56(74)70(54)34-41-14-11-10-12-15-41/h10-12,14-21,30-32,38,40,45,51-52,63,71H,9,13,22-29,33-37H2,1-8H3,(H,64,76)(H,65,77)(H,66,78)(H,68,72)/t40?,45?,51?,52-/m1/s1. The van der Waals surface area contributed by atoms with E-state index in [2.05, 4.69) is 26.6 Å². The largest absolute Gasteiger partial charge is 0.493 e. The van der Waals surface area contributed by atoms with Crippen molar-refractivity contribution in [2.24, 2.45) is 5.92 Å². The minimum Gasteiger partial charge on any atom is -0.493 e. The summed E-state index contributed by atoms with van der Waals surface area (Å²) in [5.74, 6) is -1.33. The van der Waals surface area contributed by atoms with Gasteiger partial charge in [-0.15, -0.1) is 0 Å². The lowest BCUT2D eigenvalue weighted by Crippen LogP contribution is -2.61. The summed E-state index contributed by atoms with van der Waals surface area (Å²) in [4.78, 5) is 101. The molecule has 5 amide bonds. The van der Waals surface area contributed by atoms with Crippen LogP contribution in [0.5, 0.6) is 17.2 Å². The summed E-state index contributed by atoms with van der Waals surface area (Å²) in [7, 11) is 4.07. The number of amides is 5. The first kappa shape index (κ1) is 67.1. The maximum absolute atomic E-state index is 14.7. The van der Waals surface area contributed by atoms with Crippen LogP contribution in [-0.4, -0.2) is 153 Å². The number of aromatic nitrogens is 2. The number of benzene rings is 4. The average Bonchev–Trinajstić information content (AvgIpc) is 0.996. The van der Waals surface area contributed by atoms with Crippen molar-refractivity contribution in [1.82, 2.24) is 41.0 Å². The molecule has 1 aliphatic heterocycles. The number of piperidine rings is 1. The summed E-state index contributed by atoms with van der Waals surface area (Å²) < 4.78 is 45.4. The summed E-state index contributed by atoms with van der Waals surface area (Å²) in [6.45, 7) is 9.47. The van der Waals surface area contributed by atoms with Crippen molar-refractivity contribution in [2.45, 2.75) is 110 Å². The Morgan fingerprint density at radius 3 is 2.15 bits per heavy atom. The second-order valence-electron chi connectivity index (χ2n) is 20.9. The predicted octanol–water partition coefficient (Wildman–Crippen LogP) is 6.71. The zero-order chi connectivity index (χ0) is 62.3. The monoisotopic (exact) mass is 1210 g/mol. The molecule has 6 N–H and O–H groups in total. The van der Waals surface area contributed by atoms with Crippen molar-refractivity contribution in [3.8, 4) is 17.2 Å². The lowest BCUT2D eigenvalue weighted by molar-refractivity contribution is -0.181. The van der Waals surface area contributed by atoms with Gasteiger partial charge in [0.15, 0.2) is 17.8 Å². The predicted molar refractivity (Wildman–Crippen MR) is 318 cm³/mol. The van der Waals surface area contributed by atoms with E-state index in [1.54, 1.807) is 46.7 Å². The fourth-order valence-corrected chi connectivity index (χ4v) is 9.68. The highest BCUT2D eigenvalue weighted by Gasteiger charge is 2.43. The summed E-state index contributed by atoms with van der Waals surface area (Å²) in [5, 5.41) is 23.9. The number of methoxy groups -OCH3 is 3. The highest BCUT2D eigenvalue weighted by Crippen LogP contribution is 2.39. The molecule has 1 saturated heterocycles. The first-order valence-corrected chi connectivity index (χ1v) is 28.8. The van der Waals surface area contributed by atoms with Crippen LogP contribution in [0.2, 0.25) is 5.02 Å². The van der Waals surface area contributed by atoms with Gasteiger partial charge >= 0.3 is 24.2 Å². The highest BCUT2D eigenvalue weighted by atomic mass is 35.5. The van der Waals surface area contributed by atoms with E-state index >= 15 is 0 Å². The molecule has 4 atom stereocenters. The number of rotatable bonds is 30. The molecule has 25 heteroatoms. The third kappa shape index (κ3) is 19.0. The van der Waals surface area contributed by atoms with Crippen LogP contribution in [0.3, 0.4) is 0 Å². The molecule has 0 bridgehead atoms. The van der Waals surface area contributed by atoms with Gasteiger partial charge in [0.2, 0.25) is 11.7 Å². The Bertz CT molecular complexity index is 3110. The van der Waals surface area contributed by atoms with Crippen molar-refractivity contribution in [1.29, 1.82) is 0 Å². The van der Waals surface area contributed by atoms with E-state index in [1.807, 2.05) is 70.2 Å². The van der Waals surface area contributed by atoms with Gasteiger partial charge in [-0.2, -0.15) is 0 Å². The van der Waals surface area contributed by atoms with E-state index in [4.69, 9.17) is 54.5 Å². The molecule has 24 nitrogen and oxygen atoms in total. The second kappa shape index (κ2) is 33.0. The van der Waals surface area contributed by atoms with Crippen LogP contribution < -0.4 is 46.4 Å². The lowest BCUT2D eigenvalue weighted by Gasteiger charge is -2.36. The topological polar surface area (TPSA) is 295 Å². The Morgan fingerprint density at radius 1 is 0.837 bits per heavy atom. The molecule has 0 aliphatic carbocycles. The summed E-state index contributed by atoms with van der Waals surface area (Å²) in [5.41, 5.74) is 1.44. The number of ether oxygens (including phenoxy) is 8. The molecule has 2 heterocycles. The molecule has 1 aliphatic rings. The van der Waals surface area contributed by atoms with Crippen LogP contribution in [0.1, 0.15) is 98.7 Å². The molecule has 0 saturated carbocycles. The number of nitrogens with one attached hydrogen (secondary N) is 5. The number of hydrogen-bond acceptors (Lipinski definition) is 18. The van der Waals surface area contributed by atoms with E-state index < -0.39 is 60.2 Å². The van der Waals surface area contributed by atoms with Crippen LogP contribution in [0.25, 0.3) is 10.9 Å². The third-order valence-corrected chi connectivity index (χ3v) is 14.4. The highest BCUT2D eigenvalue weighted by molar-refractivity contribution is 6.31. The lowest BCUT2D eigenvalue weighted by atomic mass is 9.88. The number of carbonyl (C=O) groups excluding carboxylic acids is 6. The second-order valence-corrected chi connectivity index (χ2v) is 21.3. The molecular formula is C61H79ClN8O16. The quantitative estimate of drug-likeness (QED) is 0.0120. The Balaban J connectivity index is 1.02. The maximum atomic E-state index is 14.7. The van der Waals surface area contributed by atoms with Crippen LogP contribution in [0.4, 0.5) is 14.4 Å². The Kier molecular flexibility index (Phi) is 25.8. The van der Waals surface area contributed by atoms with Gasteiger partial charge in [-0.3, -0.25) is 19.0 Å². The summed E-state index contributed by atoms with van der Waals surface area (Å²) in [6.07, 6.45) is -3.75. The number of nitrogens with zero attached hydrogens (tertiary/aromatic N) is 3. The van der Waals surface area contributed by atoms with Gasteiger partial charge in [0.05, 0.1) is 57.0 Å². The molecule has 86 heavy (non-hydrogen) atoms. The average molecular weight is 1220 g/mol. The fraction of sp³-hybridized carbons (Fsp3) is 0.475.